The molecule has 0 saturated heterocycles. The van der Waals surface area contributed by atoms with Gasteiger partial charge in [0.15, 0.2) is 12.4 Å². The Hall–Kier alpha value is -4.13. The van der Waals surface area contributed by atoms with Crippen LogP contribution in [0.3, 0.4) is 0 Å². The van der Waals surface area contributed by atoms with Crippen LogP contribution in [-0.2, 0) is 21.4 Å². The van der Waals surface area contributed by atoms with Gasteiger partial charge in [0.1, 0.15) is 17.0 Å². The van der Waals surface area contributed by atoms with Gasteiger partial charge in [-0.25, -0.2) is 18.1 Å². The lowest BCUT2D eigenvalue weighted by molar-refractivity contribution is -0.118. The molecule has 1 aliphatic heterocycles. The highest BCUT2D eigenvalue weighted by Gasteiger charge is 2.56. The van der Waals surface area contributed by atoms with E-state index in [-0.39, 0.29) is 24.6 Å². The van der Waals surface area contributed by atoms with Gasteiger partial charge in [-0.2, -0.15) is 10.5 Å². The highest BCUT2D eigenvalue weighted by Crippen LogP contribution is 2.44. The minimum absolute atomic E-state index is 0.107. The van der Waals surface area contributed by atoms with Crippen LogP contribution in [0.15, 0.2) is 42.1 Å². The number of hydrogen-bond acceptors (Lipinski definition) is 9. The number of carbonyl (C=O) groups is 1. The third-order valence-electron chi connectivity index (χ3n) is 6.06. The Kier molecular flexibility index (Phi) is 6.35. The molecule has 3 N–H and O–H groups in total. The lowest BCUT2D eigenvalue weighted by Gasteiger charge is -2.33. The first-order chi connectivity index (χ1) is 16.7. The molecule has 180 valence electrons. The van der Waals surface area contributed by atoms with E-state index < -0.39 is 26.9 Å². The Morgan fingerprint density at radius 2 is 2.00 bits per heavy atom. The Balaban J connectivity index is 1.51. The van der Waals surface area contributed by atoms with Crippen molar-refractivity contribution >= 4 is 27.7 Å². The Labute approximate surface area is 202 Å². The van der Waals surface area contributed by atoms with Crippen LogP contribution in [-0.4, -0.2) is 49.0 Å². The average molecular weight is 495 g/mol. The molecule has 11 nitrogen and oxygen atoms in total. The molecule has 1 atom stereocenters. The van der Waals surface area contributed by atoms with Crippen molar-refractivity contribution < 1.29 is 23.1 Å². The summed E-state index contributed by atoms with van der Waals surface area (Å²) in [6.45, 7) is 0.00220. The number of nitrogens with one attached hydrogen (secondary N) is 2. The number of sulfonamides is 1. The van der Waals surface area contributed by atoms with Gasteiger partial charge in [0.2, 0.25) is 15.9 Å². The molecule has 0 radical (unpaired) electrons. The first kappa shape index (κ1) is 24.0. The molecule has 35 heavy (non-hydrogen) atoms. The van der Waals surface area contributed by atoms with Crippen LogP contribution in [0.4, 0.5) is 5.69 Å². The van der Waals surface area contributed by atoms with E-state index in [1.165, 1.54) is 23.4 Å². The summed E-state index contributed by atoms with van der Waals surface area (Å²) in [7, 11) is -2.31. The Bertz CT molecular complexity index is 1370. The minimum atomic E-state index is -3.88. The zero-order chi connectivity index (χ0) is 25.2. The fourth-order valence-electron chi connectivity index (χ4n) is 3.76. The maximum Gasteiger partial charge on any atom is 0.252 e. The lowest BCUT2D eigenvalue weighted by Crippen LogP contribution is -2.42. The summed E-state index contributed by atoms with van der Waals surface area (Å²) in [6.07, 6.45) is 3.84. The van der Waals surface area contributed by atoms with Gasteiger partial charge in [0, 0.05) is 25.4 Å². The van der Waals surface area contributed by atoms with E-state index in [1.54, 1.807) is 37.4 Å². The number of amides is 1. The number of rotatable bonds is 8. The second-order valence-electron chi connectivity index (χ2n) is 8.32. The van der Waals surface area contributed by atoms with Crippen LogP contribution in [0.2, 0.25) is 0 Å². The maximum atomic E-state index is 12.8. The number of benzene rings is 1. The van der Waals surface area contributed by atoms with Crippen molar-refractivity contribution in [3.05, 3.63) is 58.8 Å². The topological polar surface area (TPSA) is 168 Å². The molecule has 1 unspecified atom stereocenters. The summed E-state index contributed by atoms with van der Waals surface area (Å²) in [6, 6.07) is 10.5. The molecule has 0 bridgehead atoms. The van der Waals surface area contributed by atoms with E-state index in [0.29, 0.717) is 29.7 Å². The highest BCUT2D eigenvalue weighted by atomic mass is 32.2. The van der Waals surface area contributed by atoms with Crippen molar-refractivity contribution in [2.24, 2.45) is 0 Å². The molecule has 0 spiro atoms. The number of nitriles is 2. The number of aliphatic hydroxyl groups excluding tert-OH is 1. The Morgan fingerprint density at radius 3 is 2.63 bits per heavy atom. The molecular formula is C23H22N6O5S. The van der Waals surface area contributed by atoms with E-state index >= 15 is 0 Å². The SMILES string of the molecule is CN1c2c(ccnc2OCC2(S(=O)(=O)NC#N)CC2)C=C(C(=O)NCc2ccc(C#N)cc2)C1O. The van der Waals surface area contributed by atoms with Gasteiger partial charge in [-0.15, -0.1) is 0 Å². The largest absolute Gasteiger partial charge is 0.474 e. The summed E-state index contributed by atoms with van der Waals surface area (Å²) in [5.74, 6) is -0.361. The molecule has 1 saturated carbocycles. The number of aliphatic hydroxyl groups is 1. The fraction of sp³-hybridized carbons (Fsp3) is 0.304. The number of pyridine rings is 1. The molecule has 1 aliphatic carbocycles. The van der Waals surface area contributed by atoms with Crippen LogP contribution in [0.25, 0.3) is 6.08 Å². The van der Waals surface area contributed by atoms with Crippen LogP contribution < -0.4 is 19.7 Å². The fourth-order valence-corrected chi connectivity index (χ4v) is 4.95. The molecule has 1 aromatic heterocycles. The Morgan fingerprint density at radius 1 is 1.29 bits per heavy atom. The summed E-state index contributed by atoms with van der Waals surface area (Å²) < 4.78 is 31.0. The van der Waals surface area contributed by atoms with Gasteiger partial charge in [-0.1, -0.05) is 12.1 Å². The number of aromatic nitrogens is 1. The van der Waals surface area contributed by atoms with Crippen LogP contribution in [0.5, 0.6) is 5.88 Å². The monoisotopic (exact) mass is 494 g/mol. The second kappa shape index (κ2) is 9.25. The van der Waals surface area contributed by atoms with Gasteiger partial charge < -0.3 is 20.1 Å². The van der Waals surface area contributed by atoms with Crippen molar-refractivity contribution in [1.82, 2.24) is 15.0 Å². The number of fused-ring (bicyclic) bond motifs is 1. The van der Waals surface area contributed by atoms with E-state index in [2.05, 4.69) is 10.3 Å². The van der Waals surface area contributed by atoms with Crippen molar-refractivity contribution in [1.29, 1.82) is 10.5 Å². The normalized spacial score (nSPS) is 17.8. The van der Waals surface area contributed by atoms with Crippen LogP contribution >= 0.6 is 0 Å². The highest BCUT2D eigenvalue weighted by molar-refractivity contribution is 7.91. The molecule has 2 heterocycles. The van der Waals surface area contributed by atoms with Crippen LogP contribution in [0.1, 0.15) is 29.5 Å². The van der Waals surface area contributed by atoms with Gasteiger partial charge in [-0.3, -0.25) is 4.79 Å². The zero-order valence-corrected chi connectivity index (χ0v) is 19.5. The summed E-state index contributed by atoms with van der Waals surface area (Å²) >= 11 is 0. The van der Waals surface area contributed by atoms with E-state index in [4.69, 9.17) is 15.3 Å². The molecule has 2 aromatic rings. The quantitative estimate of drug-likeness (QED) is 0.354. The number of carbonyl (C=O) groups excluding carboxylic acids is 1. The van der Waals surface area contributed by atoms with Crippen molar-refractivity contribution in [3.63, 3.8) is 0 Å². The maximum absolute atomic E-state index is 12.8. The van der Waals surface area contributed by atoms with Gasteiger partial charge in [-0.05, 0) is 42.7 Å². The third kappa shape index (κ3) is 4.62. The number of nitrogens with zero attached hydrogens (tertiary/aromatic N) is 4. The number of ether oxygens (including phenoxy) is 1. The molecule has 1 fully saturated rings. The van der Waals surface area contributed by atoms with Gasteiger partial charge in [0.05, 0.1) is 17.2 Å². The molecular weight excluding hydrogens is 472 g/mol. The second-order valence-corrected chi connectivity index (χ2v) is 10.4. The third-order valence-corrected chi connectivity index (χ3v) is 8.08. The molecule has 1 amide bonds. The zero-order valence-electron chi connectivity index (χ0n) is 18.7. The first-order valence-corrected chi connectivity index (χ1v) is 12.1. The van der Waals surface area contributed by atoms with Crippen molar-refractivity contribution in [2.75, 3.05) is 18.6 Å². The smallest absolute Gasteiger partial charge is 0.252 e. The van der Waals surface area contributed by atoms with E-state index in [0.717, 1.165) is 5.56 Å². The van der Waals surface area contributed by atoms with Crippen LogP contribution in [0, 0.1) is 22.8 Å². The minimum Gasteiger partial charge on any atom is -0.474 e. The summed E-state index contributed by atoms with van der Waals surface area (Å²) in [5.41, 5.74) is 2.40. The molecule has 1 aromatic carbocycles. The lowest BCUT2D eigenvalue weighted by atomic mass is 10.0. The van der Waals surface area contributed by atoms with Gasteiger partial charge in [0.25, 0.3) is 5.91 Å². The average Bonchev–Trinajstić information content (AvgIpc) is 3.65. The predicted molar refractivity (Wildman–Crippen MR) is 125 cm³/mol. The standard InChI is InChI=1S/C23H22N6O5S/c1-29-19-17(6-9-26-21(19)34-13-23(7-8-23)35(32,33)28-14-25)10-18(22(29)31)20(30)27-12-16-4-2-15(11-24)3-5-16/h2-6,9-10,22,28,31H,7-8,12-13H2,1H3,(H,27,30). The first-order valence-electron chi connectivity index (χ1n) is 10.6. The van der Waals surface area contributed by atoms with Crippen molar-refractivity contribution in [3.8, 4) is 18.1 Å². The van der Waals surface area contributed by atoms with Crippen molar-refractivity contribution in [2.45, 2.75) is 30.4 Å². The summed E-state index contributed by atoms with van der Waals surface area (Å²) in [4.78, 5) is 18.4. The predicted octanol–water partition coefficient (Wildman–Crippen LogP) is 0.733. The molecule has 12 heteroatoms. The summed E-state index contributed by atoms with van der Waals surface area (Å²) in [5, 5.41) is 31.2. The molecule has 2 aliphatic rings. The van der Waals surface area contributed by atoms with E-state index in [9.17, 15) is 18.3 Å². The molecule has 4 rings (SSSR count). The number of likely N-dealkylation sites (N-methyl/N-ethyl adjacent to an activating group) is 1. The number of anilines is 1. The van der Waals surface area contributed by atoms with E-state index in [1.807, 2.05) is 10.8 Å². The number of hydrogen-bond donors (Lipinski definition) is 3. The van der Waals surface area contributed by atoms with Gasteiger partial charge >= 0.3 is 0 Å².